The van der Waals surface area contributed by atoms with Crippen molar-refractivity contribution in [3.05, 3.63) is 49.6 Å². The van der Waals surface area contributed by atoms with Crippen molar-refractivity contribution >= 4 is 75.2 Å². The van der Waals surface area contributed by atoms with Crippen LogP contribution in [0.15, 0.2) is 49.6 Å². The first kappa shape index (κ1) is 54.9. The molecule has 0 aliphatic carbocycles. The summed E-state index contributed by atoms with van der Waals surface area (Å²) in [7, 11) is -12.4. The van der Waals surface area contributed by atoms with Crippen molar-refractivity contribution in [3.63, 3.8) is 0 Å². The van der Waals surface area contributed by atoms with Gasteiger partial charge >= 0.3 is 32.4 Å². The number of esters is 4. The fraction of sp³-hybridized carbons (Fsp3) is 0.684. The number of aliphatic hydroxyl groups is 1. The van der Waals surface area contributed by atoms with E-state index in [9.17, 15) is 24.3 Å². The molecule has 0 amide bonds. The lowest BCUT2D eigenvalue weighted by Gasteiger charge is -2.37. The molecule has 0 aliphatic heterocycles. The highest BCUT2D eigenvalue weighted by Crippen LogP contribution is 2.28. The molecule has 0 saturated heterocycles. The number of hydrogen-bond donors (Lipinski definition) is 1. The van der Waals surface area contributed by atoms with E-state index in [-0.39, 0.29) is 37.6 Å². The normalized spacial score (nSPS) is 15.0. The van der Waals surface area contributed by atoms with Crippen molar-refractivity contribution in [1.29, 1.82) is 0 Å². The highest BCUT2D eigenvalue weighted by atomic mass is 28.4. The average Bonchev–Trinajstić information content (AvgIpc) is 3.10. The van der Waals surface area contributed by atoms with Crippen LogP contribution in [0.4, 0.5) is 0 Å². The van der Waals surface area contributed by atoms with Crippen molar-refractivity contribution in [2.75, 3.05) is 33.0 Å². The van der Waals surface area contributed by atoms with E-state index >= 15 is 0 Å². The number of hydrogen-bond acceptors (Lipinski definition) is 13. The Morgan fingerprint density at radius 3 is 1.72 bits per heavy atom. The second-order valence-electron chi connectivity index (χ2n) is 17.2. The van der Waals surface area contributed by atoms with Gasteiger partial charge in [0.25, 0.3) is 0 Å². The lowest BCUT2D eigenvalue weighted by molar-refractivity contribution is -0.150. The Bertz CT molecular complexity index is 1370. The summed E-state index contributed by atoms with van der Waals surface area (Å²) in [5.41, 5.74) is 0.511. The van der Waals surface area contributed by atoms with Crippen LogP contribution in [-0.2, 0) is 55.2 Å². The van der Waals surface area contributed by atoms with Crippen LogP contribution in [0.1, 0.15) is 26.7 Å². The van der Waals surface area contributed by atoms with Gasteiger partial charge in [-0.25, -0.2) is 19.2 Å². The molecule has 13 nitrogen and oxygen atoms in total. The molecule has 0 radical (unpaired) electrons. The molecule has 0 bridgehead atoms. The van der Waals surface area contributed by atoms with Gasteiger partial charge in [0.15, 0.2) is 34.0 Å². The zero-order valence-electron chi connectivity index (χ0n) is 37.0. The van der Waals surface area contributed by atoms with E-state index in [4.69, 9.17) is 36.0 Å². The van der Waals surface area contributed by atoms with Gasteiger partial charge in [0.1, 0.15) is 37.8 Å². The molecule has 0 aromatic carbocycles. The third kappa shape index (κ3) is 25.2. The van der Waals surface area contributed by atoms with Crippen molar-refractivity contribution in [3.8, 4) is 0 Å². The molecule has 57 heavy (non-hydrogen) atoms. The minimum Gasteiger partial charge on any atom is -0.460 e. The van der Waals surface area contributed by atoms with Gasteiger partial charge in [-0.05, 0) is 103 Å². The lowest BCUT2D eigenvalue weighted by atomic mass is 10.3. The van der Waals surface area contributed by atoms with E-state index in [0.29, 0.717) is 6.61 Å². The van der Waals surface area contributed by atoms with Gasteiger partial charge in [-0.3, -0.25) is 0 Å². The second-order valence-corrected chi connectivity index (χ2v) is 39.9. The summed E-state index contributed by atoms with van der Waals surface area (Å²) in [6.07, 6.45) is 3.43. The molecule has 0 aromatic rings. The Morgan fingerprint density at radius 1 is 0.684 bits per heavy atom. The van der Waals surface area contributed by atoms with E-state index in [1.807, 2.05) is 6.55 Å². The van der Waals surface area contributed by atoms with Crippen LogP contribution in [0.3, 0.4) is 0 Å². The van der Waals surface area contributed by atoms with Crippen molar-refractivity contribution in [1.82, 2.24) is 0 Å². The molecule has 328 valence electrons. The molecule has 1 N–H and O–H groups in total. The van der Waals surface area contributed by atoms with E-state index in [1.54, 1.807) is 6.92 Å². The molecule has 0 heterocycles. The summed E-state index contributed by atoms with van der Waals surface area (Å²) in [4.78, 5) is 47.4. The molecule has 0 fully saturated rings. The Hall–Kier alpha value is -2.06. The maximum absolute atomic E-state index is 12.1. The number of rotatable bonds is 31. The number of ether oxygens (including phenoxy) is 4. The maximum atomic E-state index is 12.1. The Kier molecular flexibility index (Phi) is 24.6. The van der Waals surface area contributed by atoms with E-state index in [2.05, 4.69) is 85.2 Å². The number of carbonyl (C=O) groups excluding carboxylic acids is 4. The first-order valence-electron chi connectivity index (χ1n) is 19.7. The molecular weight excluding hydrogens is 833 g/mol. The van der Waals surface area contributed by atoms with Crippen molar-refractivity contribution in [2.24, 2.45) is 0 Å². The standard InChI is InChI=1S/C38H74O13Si6/c1-17-34(39)44-27-33(28-45-36(41)31(3)4)49-53(8)23-26-56(13,14)51-57(15,16)48-21-19-20-24-54(9,10)50-55(11,12)25-22-52(7)38(43,29-46-35(40)18-2)30-47-37(42)32(5)6/h17-18,33,43,52-53H,1-3,5,19-30H2,4,6-16H3. The summed E-state index contributed by atoms with van der Waals surface area (Å²) >= 11 is 0. The van der Waals surface area contributed by atoms with Crippen LogP contribution < -0.4 is 0 Å². The predicted octanol–water partition coefficient (Wildman–Crippen LogP) is 6.70. The van der Waals surface area contributed by atoms with Crippen molar-refractivity contribution in [2.45, 2.75) is 134 Å². The van der Waals surface area contributed by atoms with Crippen LogP contribution in [0.25, 0.3) is 0 Å². The van der Waals surface area contributed by atoms with E-state index in [1.165, 1.54) is 6.92 Å². The number of unbranched alkanes of at least 4 members (excludes halogenated alkanes) is 1. The first-order valence-corrected chi connectivity index (χ1v) is 36.9. The molecule has 0 aliphatic rings. The zero-order chi connectivity index (χ0) is 44.3. The molecule has 0 saturated carbocycles. The lowest BCUT2D eigenvalue weighted by Crippen LogP contribution is -2.53. The zero-order valence-corrected chi connectivity index (χ0v) is 43.4. The smallest absolute Gasteiger partial charge is 0.333 e. The SMILES string of the molecule is C=CC(=O)OCC(COC(=O)C(=C)C)O[SiH](C)CC[Si](C)(C)O[Si](C)(C)OCCCC[Si](C)(C)O[Si](C)(C)CC[SiH](C)C(O)(COC(=O)C=C)COC(=O)C(=C)C. The van der Waals surface area contributed by atoms with E-state index in [0.717, 1.165) is 55.2 Å². The second kappa shape index (κ2) is 25.5. The van der Waals surface area contributed by atoms with Crippen LogP contribution in [0.5, 0.6) is 0 Å². The molecule has 0 aromatic heterocycles. The van der Waals surface area contributed by atoms with Gasteiger partial charge < -0.3 is 41.1 Å². The maximum Gasteiger partial charge on any atom is 0.333 e. The van der Waals surface area contributed by atoms with Gasteiger partial charge in [0.05, 0.1) is 8.80 Å². The van der Waals surface area contributed by atoms with Gasteiger partial charge in [-0.1, -0.05) is 45.3 Å². The summed E-state index contributed by atoms with van der Waals surface area (Å²) in [5.74, 6) is -2.33. The topological polar surface area (TPSA) is 162 Å². The molecule has 4 atom stereocenters. The highest BCUT2D eigenvalue weighted by Gasteiger charge is 2.41. The van der Waals surface area contributed by atoms with Crippen LogP contribution in [-0.4, -0.2) is 125 Å². The number of carbonyl (C=O) groups is 4. The Balaban J connectivity index is 4.99. The largest absolute Gasteiger partial charge is 0.460 e. The summed E-state index contributed by atoms with van der Waals surface area (Å²) in [5, 5.41) is 10.1. The predicted molar refractivity (Wildman–Crippen MR) is 241 cm³/mol. The third-order valence-corrected chi connectivity index (χ3v) is 29.6. The fourth-order valence-corrected chi connectivity index (χ4v) is 31.5. The van der Waals surface area contributed by atoms with E-state index < -0.39 is 86.6 Å². The first-order chi connectivity index (χ1) is 26.1. The summed E-state index contributed by atoms with van der Waals surface area (Å²) < 4.78 is 47.2. The monoisotopic (exact) mass is 906 g/mol. The van der Waals surface area contributed by atoms with Gasteiger partial charge in [0.2, 0.25) is 0 Å². The average molecular weight is 908 g/mol. The van der Waals surface area contributed by atoms with Gasteiger partial charge in [-0.2, -0.15) is 0 Å². The third-order valence-electron chi connectivity index (χ3n) is 9.13. The highest BCUT2D eigenvalue weighted by molar-refractivity contribution is 6.85. The van der Waals surface area contributed by atoms with Gasteiger partial charge in [-0.15, -0.1) is 0 Å². The minimum absolute atomic E-state index is 0.0360. The molecule has 0 rings (SSSR count). The van der Waals surface area contributed by atoms with Crippen LogP contribution in [0, 0.1) is 0 Å². The van der Waals surface area contributed by atoms with Crippen molar-refractivity contribution < 1.29 is 60.3 Å². The molecule has 4 unspecified atom stereocenters. The summed E-state index contributed by atoms with van der Waals surface area (Å²) in [6, 6.07) is 4.28. The molecule has 19 heteroatoms. The summed E-state index contributed by atoms with van der Waals surface area (Å²) in [6.45, 7) is 38.7. The fourth-order valence-electron chi connectivity index (χ4n) is 5.89. The Labute approximate surface area is 350 Å². The minimum atomic E-state index is -2.40. The molecular formula is C38H74O13Si6. The Morgan fingerprint density at radius 2 is 1.16 bits per heavy atom. The van der Waals surface area contributed by atoms with Crippen LogP contribution in [0.2, 0.25) is 95.7 Å². The van der Waals surface area contributed by atoms with Gasteiger partial charge in [0, 0.05) is 29.9 Å². The quantitative estimate of drug-likeness (QED) is 0.0258. The molecule has 0 spiro atoms. The van der Waals surface area contributed by atoms with Crippen LogP contribution >= 0.6 is 0 Å².